The fourth-order valence-corrected chi connectivity index (χ4v) is 6.10. The monoisotopic (exact) mass is 304 g/mol. The Morgan fingerprint density at radius 3 is 2.59 bits per heavy atom. The summed E-state index contributed by atoms with van der Waals surface area (Å²) >= 11 is 0. The fraction of sp³-hybridized carbons (Fsp3) is 0.850. The zero-order chi connectivity index (χ0) is 16.1. The number of allylic oxidation sites excluding steroid dienone is 2. The van der Waals surface area contributed by atoms with Crippen molar-refractivity contribution in [2.75, 3.05) is 0 Å². The van der Waals surface area contributed by atoms with Crippen LogP contribution in [0.5, 0.6) is 0 Å². The molecule has 124 valence electrons. The van der Waals surface area contributed by atoms with Crippen molar-refractivity contribution in [1.82, 2.24) is 0 Å². The highest BCUT2D eigenvalue weighted by atomic mass is 16.4. The molecule has 0 aromatic carbocycles. The molecule has 1 N–H and O–H groups in total. The maximum atomic E-state index is 12.0. The van der Waals surface area contributed by atoms with E-state index in [-0.39, 0.29) is 5.41 Å². The van der Waals surface area contributed by atoms with E-state index in [0.717, 1.165) is 37.5 Å². The molecule has 0 bridgehead atoms. The van der Waals surface area contributed by atoms with E-state index in [1.54, 1.807) is 5.57 Å². The lowest BCUT2D eigenvalue weighted by Gasteiger charge is -2.58. The van der Waals surface area contributed by atoms with Gasteiger partial charge < -0.3 is 5.11 Å². The Balaban J connectivity index is 1.94. The van der Waals surface area contributed by atoms with Crippen LogP contribution in [-0.2, 0) is 4.79 Å². The summed E-state index contributed by atoms with van der Waals surface area (Å²) in [5.41, 5.74) is 1.36. The third-order valence-corrected chi connectivity index (χ3v) is 7.50. The van der Waals surface area contributed by atoms with Crippen molar-refractivity contribution in [3.05, 3.63) is 11.6 Å². The molecule has 5 atom stereocenters. The summed E-state index contributed by atoms with van der Waals surface area (Å²) in [4.78, 5) is 12.0. The molecule has 0 aromatic heterocycles. The quantitative estimate of drug-likeness (QED) is 0.704. The Labute approximate surface area is 135 Å². The molecule has 2 fully saturated rings. The molecule has 0 unspecified atom stereocenters. The van der Waals surface area contributed by atoms with E-state index >= 15 is 0 Å². The molecular weight excluding hydrogens is 272 g/mol. The Bertz CT molecular complexity index is 492. The summed E-state index contributed by atoms with van der Waals surface area (Å²) < 4.78 is 0. The maximum Gasteiger partial charge on any atom is 0.309 e. The van der Waals surface area contributed by atoms with Crippen LogP contribution in [0.4, 0.5) is 0 Å². The molecule has 2 heteroatoms. The average Bonchev–Trinajstić information content (AvgIpc) is 2.46. The predicted molar refractivity (Wildman–Crippen MR) is 89.6 cm³/mol. The van der Waals surface area contributed by atoms with Gasteiger partial charge in [-0.1, -0.05) is 38.8 Å². The lowest BCUT2D eigenvalue weighted by molar-refractivity contribution is -0.164. The molecule has 3 rings (SSSR count). The predicted octanol–water partition coefficient (Wildman–Crippen LogP) is 5.29. The number of carbonyl (C=O) groups is 1. The molecule has 0 aliphatic heterocycles. The number of hydrogen-bond acceptors (Lipinski definition) is 1. The molecule has 0 amide bonds. The van der Waals surface area contributed by atoms with Crippen LogP contribution in [-0.4, -0.2) is 11.1 Å². The highest BCUT2D eigenvalue weighted by Gasteiger charge is 2.58. The van der Waals surface area contributed by atoms with E-state index in [1.165, 1.54) is 19.3 Å². The highest BCUT2D eigenvalue weighted by Crippen LogP contribution is 2.63. The van der Waals surface area contributed by atoms with E-state index in [2.05, 4.69) is 26.8 Å². The molecule has 2 nitrogen and oxygen atoms in total. The van der Waals surface area contributed by atoms with Crippen LogP contribution >= 0.6 is 0 Å². The van der Waals surface area contributed by atoms with E-state index < -0.39 is 11.4 Å². The molecule has 3 aliphatic carbocycles. The first-order chi connectivity index (χ1) is 10.3. The van der Waals surface area contributed by atoms with Crippen molar-refractivity contribution < 1.29 is 9.90 Å². The maximum absolute atomic E-state index is 12.0. The second-order valence-electron chi connectivity index (χ2n) is 8.95. The van der Waals surface area contributed by atoms with E-state index in [1.807, 2.05) is 6.92 Å². The average molecular weight is 304 g/mol. The van der Waals surface area contributed by atoms with Gasteiger partial charge in [0.15, 0.2) is 0 Å². The first-order valence-corrected chi connectivity index (χ1v) is 9.23. The number of carboxylic acids is 1. The Hall–Kier alpha value is -0.790. The molecule has 2 saturated carbocycles. The third-order valence-electron chi connectivity index (χ3n) is 7.50. The van der Waals surface area contributed by atoms with Crippen LogP contribution in [0.15, 0.2) is 11.6 Å². The number of fused-ring (bicyclic) bond motifs is 3. The summed E-state index contributed by atoms with van der Waals surface area (Å²) in [5, 5.41) is 9.85. The molecule has 3 aliphatic rings. The minimum Gasteiger partial charge on any atom is -0.481 e. The smallest absolute Gasteiger partial charge is 0.309 e. The van der Waals surface area contributed by atoms with Crippen LogP contribution in [0.25, 0.3) is 0 Å². The lowest BCUT2D eigenvalue weighted by Crippen LogP contribution is -2.54. The van der Waals surface area contributed by atoms with Gasteiger partial charge in [-0.2, -0.15) is 0 Å². The first-order valence-electron chi connectivity index (χ1n) is 9.23. The van der Waals surface area contributed by atoms with Gasteiger partial charge in [0.05, 0.1) is 5.41 Å². The van der Waals surface area contributed by atoms with Crippen molar-refractivity contribution in [3.8, 4) is 0 Å². The third kappa shape index (κ3) is 2.25. The largest absolute Gasteiger partial charge is 0.481 e. The summed E-state index contributed by atoms with van der Waals surface area (Å²) in [6.45, 7) is 9.09. The van der Waals surface area contributed by atoms with Crippen LogP contribution in [0.1, 0.15) is 72.6 Å². The Morgan fingerprint density at radius 2 is 1.95 bits per heavy atom. The fourth-order valence-electron chi connectivity index (χ4n) is 6.10. The number of aliphatic carboxylic acids is 1. The second-order valence-corrected chi connectivity index (χ2v) is 8.95. The van der Waals surface area contributed by atoms with Crippen LogP contribution < -0.4 is 0 Å². The molecule has 0 aromatic rings. The van der Waals surface area contributed by atoms with E-state index in [0.29, 0.717) is 11.8 Å². The second kappa shape index (κ2) is 5.39. The minimum absolute atomic E-state index is 0.206. The zero-order valence-corrected chi connectivity index (χ0v) is 14.7. The molecule has 0 saturated heterocycles. The summed E-state index contributed by atoms with van der Waals surface area (Å²) in [7, 11) is 0. The van der Waals surface area contributed by atoms with Gasteiger partial charge in [0, 0.05) is 0 Å². The van der Waals surface area contributed by atoms with Crippen molar-refractivity contribution in [1.29, 1.82) is 0 Å². The van der Waals surface area contributed by atoms with Gasteiger partial charge in [0.2, 0.25) is 0 Å². The Kier molecular flexibility index (Phi) is 3.94. The topological polar surface area (TPSA) is 37.3 Å². The SMILES string of the molecule is CC(C)[C@@H]1C=C2CC[C@@H]3[C@](C)(CCC[C@@]3(C)C(=O)O)[C@@H]2CC1. The molecule has 0 heterocycles. The van der Waals surface area contributed by atoms with Gasteiger partial charge in [-0.15, -0.1) is 0 Å². The number of hydrogen-bond donors (Lipinski definition) is 1. The molecule has 22 heavy (non-hydrogen) atoms. The van der Waals surface area contributed by atoms with E-state index in [9.17, 15) is 9.90 Å². The number of rotatable bonds is 2. The van der Waals surface area contributed by atoms with Gasteiger partial charge in [-0.25, -0.2) is 0 Å². The van der Waals surface area contributed by atoms with Gasteiger partial charge in [0.1, 0.15) is 0 Å². The van der Waals surface area contributed by atoms with Crippen molar-refractivity contribution >= 4 is 5.97 Å². The highest BCUT2D eigenvalue weighted by molar-refractivity contribution is 5.75. The summed E-state index contributed by atoms with van der Waals surface area (Å²) in [5.74, 6) is 1.89. The summed E-state index contributed by atoms with van der Waals surface area (Å²) in [6.07, 6.45) is 10.5. The van der Waals surface area contributed by atoms with Gasteiger partial charge in [-0.3, -0.25) is 4.79 Å². The summed E-state index contributed by atoms with van der Waals surface area (Å²) in [6, 6.07) is 0. The standard InChI is InChI=1S/C20H32O2/c1-13(2)14-6-8-16-15(12-14)7-9-17-19(16,3)10-5-11-20(17,4)18(21)22/h12-14,16-17H,5-11H2,1-4H3,(H,21,22)/t14-,16+,17+,19+,20+/m0/s1. The molecule has 0 spiro atoms. The molecular formula is C20H32O2. The van der Waals surface area contributed by atoms with Gasteiger partial charge in [0.25, 0.3) is 0 Å². The zero-order valence-electron chi connectivity index (χ0n) is 14.7. The lowest BCUT2D eigenvalue weighted by atomic mass is 9.45. The first kappa shape index (κ1) is 16.1. The molecule has 0 radical (unpaired) electrons. The van der Waals surface area contributed by atoms with Crippen molar-refractivity contribution in [2.24, 2.45) is 34.5 Å². The van der Waals surface area contributed by atoms with Gasteiger partial charge >= 0.3 is 5.97 Å². The van der Waals surface area contributed by atoms with Gasteiger partial charge in [-0.05, 0) is 74.5 Å². The van der Waals surface area contributed by atoms with Crippen molar-refractivity contribution in [2.45, 2.75) is 72.6 Å². The van der Waals surface area contributed by atoms with Crippen LogP contribution in [0.2, 0.25) is 0 Å². The van der Waals surface area contributed by atoms with Crippen LogP contribution in [0.3, 0.4) is 0 Å². The van der Waals surface area contributed by atoms with Crippen LogP contribution in [0, 0.1) is 34.5 Å². The minimum atomic E-state index is -0.563. The van der Waals surface area contributed by atoms with E-state index in [4.69, 9.17) is 0 Å². The van der Waals surface area contributed by atoms with Crippen molar-refractivity contribution in [3.63, 3.8) is 0 Å². The number of carboxylic acid groups (broad SMARTS) is 1. The Morgan fingerprint density at radius 1 is 1.23 bits per heavy atom. The normalized spacial score (nSPS) is 45.0.